The quantitative estimate of drug-likeness (QED) is 0.190. The van der Waals surface area contributed by atoms with Crippen molar-refractivity contribution in [3.63, 3.8) is 0 Å². The summed E-state index contributed by atoms with van der Waals surface area (Å²) in [5.74, 6) is -3.65. The number of carboxylic acids is 2. The van der Waals surface area contributed by atoms with Gasteiger partial charge in [0.05, 0.1) is 21.0 Å². The van der Waals surface area contributed by atoms with Gasteiger partial charge in [-0.1, -0.05) is 47.9 Å². The molecule has 3 heterocycles. The maximum absolute atomic E-state index is 13.2. The number of aromatic nitrogens is 1. The highest BCUT2D eigenvalue weighted by molar-refractivity contribution is 8.30. The third-order valence-corrected chi connectivity index (χ3v) is 10.2. The number of rotatable bonds is 10. The number of allylic oxidation sites excluding steroid dienone is 1. The predicted molar refractivity (Wildman–Crippen MR) is 156 cm³/mol. The van der Waals surface area contributed by atoms with Gasteiger partial charge in [-0.3, -0.25) is 33.2 Å². The number of carboxylic acid groups (broad SMARTS) is 2. The maximum atomic E-state index is 13.2. The van der Waals surface area contributed by atoms with E-state index in [-0.39, 0.29) is 30.6 Å². The molecule has 0 spiro atoms. The minimum Gasteiger partial charge on any atom is -0.480 e. The molecular formula is C23H21N3O9S5. The summed E-state index contributed by atoms with van der Waals surface area (Å²) >= 11 is 8.27. The largest absolute Gasteiger partial charge is 0.480 e. The zero-order chi connectivity index (χ0) is 29.2. The molecule has 1 amide bonds. The van der Waals surface area contributed by atoms with Crippen LogP contribution in [0.3, 0.4) is 0 Å². The molecule has 1 aromatic carbocycles. The van der Waals surface area contributed by atoms with Gasteiger partial charge in [-0.15, -0.1) is 11.3 Å². The zero-order valence-electron chi connectivity index (χ0n) is 20.4. The van der Waals surface area contributed by atoms with Gasteiger partial charge in [-0.05, 0) is 37.1 Å². The molecule has 212 valence electrons. The summed E-state index contributed by atoms with van der Waals surface area (Å²) in [7, 11) is -4.07. The molecular weight excluding hydrogens is 623 g/mol. The minimum atomic E-state index is -4.07. The third-order valence-electron chi connectivity index (χ3n) is 5.59. The van der Waals surface area contributed by atoms with Gasteiger partial charge in [0, 0.05) is 11.4 Å². The molecule has 1 saturated heterocycles. The number of anilines is 1. The molecule has 0 saturated carbocycles. The van der Waals surface area contributed by atoms with Crippen molar-refractivity contribution in [3.8, 4) is 0 Å². The molecule has 1 fully saturated rings. The Hall–Kier alpha value is -2.96. The van der Waals surface area contributed by atoms with Gasteiger partial charge in [-0.25, -0.2) is 0 Å². The fraction of sp³-hybridized carbons (Fsp3) is 0.261. The van der Waals surface area contributed by atoms with Crippen LogP contribution in [0.4, 0.5) is 5.69 Å². The van der Waals surface area contributed by atoms with Crippen LogP contribution in [-0.2, 0) is 31.0 Å². The number of carbonyl (C=O) groups is 3. The number of aliphatic carboxylic acids is 2. The first-order valence-electron chi connectivity index (χ1n) is 11.5. The average molecular weight is 644 g/mol. The average Bonchev–Trinajstić information content (AvgIpc) is 3.47. The lowest BCUT2D eigenvalue weighted by Crippen LogP contribution is -2.36. The lowest BCUT2D eigenvalue weighted by atomic mass is 10.2. The Morgan fingerprint density at radius 2 is 1.68 bits per heavy atom. The monoisotopic (exact) mass is 643 g/mol. The highest BCUT2D eigenvalue weighted by Crippen LogP contribution is 2.45. The number of unbranched alkanes of at least 4 members (excludes halogenated alkanes) is 1. The number of para-hydroxylation sites is 1. The molecule has 0 bridgehead atoms. The number of fused-ring (bicyclic) bond motifs is 1. The molecule has 4 rings (SSSR count). The highest BCUT2D eigenvalue weighted by Gasteiger charge is 2.35. The number of hydrogen-bond donors (Lipinski definition) is 3. The van der Waals surface area contributed by atoms with Crippen molar-refractivity contribution in [1.29, 1.82) is 0 Å². The van der Waals surface area contributed by atoms with Gasteiger partial charge in [0.1, 0.15) is 27.0 Å². The molecule has 40 heavy (non-hydrogen) atoms. The van der Waals surface area contributed by atoms with Gasteiger partial charge in [0.25, 0.3) is 21.6 Å². The molecule has 17 heteroatoms. The maximum Gasteiger partial charge on any atom is 0.323 e. The fourth-order valence-electron chi connectivity index (χ4n) is 3.89. The number of thiocarbonyl (C=S) groups is 1. The standard InChI is InChI=1S/C23H21N3O9S5/c27-17(28)11-25-20(31)15(38-22(25)19-21(32)26(12-18(29)30)23(36)39-19)7-8-16-24(9-3-4-10-40(33,34)35)13-5-1-2-6-14(13)37-16/h1-2,5-8H,3-4,9-12H2,(H,27,28)(H,29,30)(H,33,34,35)/b15-7?,16-8?,22-19+. The van der Waals surface area contributed by atoms with Crippen molar-refractivity contribution in [1.82, 2.24) is 9.47 Å². The van der Waals surface area contributed by atoms with Gasteiger partial charge < -0.3 is 15.1 Å². The molecule has 1 aromatic heterocycles. The predicted octanol–water partition coefficient (Wildman–Crippen LogP) is 0.950. The first-order chi connectivity index (χ1) is 18.9. The molecule has 2 aromatic rings. The number of hydrogen-bond acceptors (Lipinski definition) is 11. The molecule has 3 N–H and O–H groups in total. The van der Waals surface area contributed by atoms with Crippen LogP contribution in [-0.4, -0.2) is 73.7 Å². The Morgan fingerprint density at radius 3 is 2.35 bits per heavy atom. The van der Waals surface area contributed by atoms with E-state index in [1.165, 1.54) is 17.8 Å². The van der Waals surface area contributed by atoms with Crippen LogP contribution in [0, 0.1) is 0 Å². The van der Waals surface area contributed by atoms with E-state index >= 15 is 0 Å². The summed E-state index contributed by atoms with van der Waals surface area (Å²) in [5, 5.41) is 19.2. The van der Waals surface area contributed by atoms with Gasteiger partial charge in [0.15, 0.2) is 0 Å². The molecule has 0 radical (unpaired) electrons. The normalized spacial score (nSPS) is 18.2. The number of carbonyl (C=O) groups excluding carboxylic acids is 1. The van der Waals surface area contributed by atoms with E-state index < -0.39 is 46.6 Å². The van der Waals surface area contributed by atoms with E-state index in [1.807, 2.05) is 29.2 Å². The van der Waals surface area contributed by atoms with Crippen molar-refractivity contribution in [3.05, 3.63) is 54.9 Å². The molecule has 2 aliphatic heterocycles. The second-order valence-corrected chi connectivity index (χ2v) is 13.7. The van der Waals surface area contributed by atoms with Crippen molar-refractivity contribution in [2.75, 3.05) is 23.7 Å². The highest BCUT2D eigenvalue weighted by atomic mass is 32.2. The minimum absolute atomic E-state index is 0.0115. The van der Waals surface area contributed by atoms with E-state index in [0.29, 0.717) is 13.0 Å². The van der Waals surface area contributed by atoms with Crippen LogP contribution in [0.2, 0.25) is 0 Å². The van der Waals surface area contributed by atoms with E-state index in [4.69, 9.17) is 21.9 Å². The molecule has 12 nitrogen and oxygen atoms in total. The van der Waals surface area contributed by atoms with E-state index in [2.05, 4.69) is 0 Å². The van der Waals surface area contributed by atoms with Crippen molar-refractivity contribution in [2.24, 2.45) is 0 Å². The van der Waals surface area contributed by atoms with Gasteiger partial charge >= 0.3 is 11.9 Å². The van der Waals surface area contributed by atoms with Crippen LogP contribution in [0.1, 0.15) is 12.8 Å². The van der Waals surface area contributed by atoms with Crippen LogP contribution >= 0.6 is 47.1 Å². The molecule has 0 aliphatic carbocycles. The number of nitrogens with zero attached hydrogens (tertiary/aromatic N) is 3. The van der Waals surface area contributed by atoms with Crippen molar-refractivity contribution < 1.29 is 37.6 Å². The first kappa shape index (κ1) is 30.0. The molecule has 0 unspecified atom stereocenters. The van der Waals surface area contributed by atoms with Crippen LogP contribution in [0.15, 0.2) is 45.1 Å². The Kier molecular flexibility index (Phi) is 9.21. The van der Waals surface area contributed by atoms with Gasteiger partial charge in [0.2, 0.25) is 0 Å². The Bertz CT molecular complexity index is 1730. The Morgan fingerprint density at radius 1 is 0.975 bits per heavy atom. The van der Waals surface area contributed by atoms with Crippen molar-refractivity contribution in [2.45, 2.75) is 24.3 Å². The second-order valence-electron chi connectivity index (χ2n) is 8.42. The summed E-state index contributed by atoms with van der Waals surface area (Å²) in [6.45, 7) is -0.929. The van der Waals surface area contributed by atoms with E-state index in [0.717, 1.165) is 48.2 Å². The summed E-state index contributed by atoms with van der Waals surface area (Å²) in [6.07, 6.45) is 3.92. The van der Waals surface area contributed by atoms with Crippen LogP contribution in [0.25, 0.3) is 11.0 Å². The second kappa shape index (κ2) is 12.3. The van der Waals surface area contributed by atoms with E-state index in [9.17, 15) is 32.7 Å². The summed E-state index contributed by atoms with van der Waals surface area (Å²) in [6, 6.07) is 7.55. The number of thioether (sulfide) groups is 2. The molecule has 2 aliphatic rings. The summed E-state index contributed by atoms with van der Waals surface area (Å²) in [5.41, 5.74) is 0.257. The van der Waals surface area contributed by atoms with Crippen molar-refractivity contribution >= 4 is 96.0 Å². The van der Waals surface area contributed by atoms with E-state index in [1.54, 1.807) is 6.08 Å². The van der Waals surface area contributed by atoms with Crippen LogP contribution in [0.5, 0.6) is 0 Å². The number of benzene rings is 1. The first-order valence-corrected chi connectivity index (χ1v) is 15.9. The zero-order valence-corrected chi connectivity index (χ0v) is 24.5. The number of thiazole rings is 1. The smallest absolute Gasteiger partial charge is 0.323 e. The Balaban J connectivity index is 1.74. The number of amides is 1. The Labute approximate surface area is 245 Å². The van der Waals surface area contributed by atoms with Crippen LogP contribution < -0.4 is 19.7 Å². The lowest BCUT2D eigenvalue weighted by molar-refractivity contribution is -0.140. The summed E-state index contributed by atoms with van der Waals surface area (Å²) in [4.78, 5) is 52.6. The van der Waals surface area contributed by atoms with Gasteiger partial charge in [-0.2, -0.15) is 8.42 Å². The molecule has 0 atom stereocenters. The summed E-state index contributed by atoms with van der Waals surface area (Å²) < 4.78 is 32.3. The topological polar surface area (TPSA) is 175 Å². The fourth-order valence-corrected chi connectivity index (χ4v) is 8.00. The lowest BCUT2D eigenvalue weighted by Gasteiger charge is -2.20. The SMILES string of the molecule is O=C(O)CN1C(=O)/C(=c2\sc(=CC=C3Sc4ccccc4N3CCCCS(=O)(=O)O)c(=O)n2CC(=O)O)SC1=S. The third kappa shape index (κ3) is 6.84.